The smallest absolute Gasteiger partial charge is 0.245 e. The van der Waals surface area contributed by atoms with Crippen LogP contribution in [0.4, 0.5) is 0 Å². The van der Waals surface area contributed by atoms with Gasteiger partial charge in [0, 0.05) is 21.6 Å². The Morgan fingerprint density at radius 2 is 2.06 bits per heavy atom. The summed E-state index contributed by atoms with van der Waals surface area (Å²) in [6.07, 6.45) is 2.45. The van der Waals surface area contributed by atoms with E-state index in [4.69, 9.17) is 11.6 Å². The van der Waals surface area contributed by atoms with E-state index in [1.165, 1.54) is 6.08 Å². The van der Waals surface area contributed by atoms with E-state index in [0.29, 0.717) is 5.02 Å². The molecule has 1 unspecified atom stereocenters. The van der Waals surface area contributed by atoms with Crippen LogP contribution in [0, 0.1) is 0 Å². The third-order valence-corrected chi connectivity index (χ3v) is 3.32. The Morgan fingerprint density at radius 1 is 1.47 bits per heavy atom. The minimum Gasteiger partial charge on any atom is -0.350 e. The van der Waals surface area contributed by atoms with Crippen LogP contribution in [0.5, 0.6) is 0 Å². The van der Waals surface area contributed by atoms with Gasteiger partial charge in [0.1, 0.15) is 0 Å². The molecule has 92 valence electrons. The molecule has 0 heterocycles. The summed E-state index contributed by atoms with van der Waals surface area (Å²) in [5.74, 6) is -0.0961. The number of carbonyl (C=O) groups excluding carboxylic acids is 1. The average Bonchev–Trinajstić information content (AvgIpc) is 2.29. The zero-order valence-corrected chi connectivity index (χ0v) is 12.2. The lowest BCUT2D eigenvalue weighted by atomic mass is 10.2. The Hall–Kier alpha value is -0.800. The third-order valence-electron chi connectivity index (χ3n) is 2.38. The zero-order valence-electron chi connectivity index (χ0n) is 9.84. The molecule has 0 bridgehead atoms. The van der Waals surface area contributed by atoms with Crippen molar-refractivity contribution in [3.63, 3.8) is 0 Å². The van der Waals surface area contributed by atoms with Gasteiger partial charge in [-0.1, -0.05) is 30.7 Å². The lowest BCUT2D eigenvalue weighted by molar-refractivity contribution is -0.117. The summed E-state index contributed by atoms with van der Waals surface area (Å²) in [7, 11) is 0. The number of amides is 1. The van der Waals surface area contributed by atoms with Crippen LogP contribution in [0.25, 0.3) is 4.48 Å². The number of halogens is 2. The third kappa shape index (κ3) is 4.92. The molecule has 0 spiro atoms. The van der Waals surface area contributed by atoms with E-state index < -0.39 is 0 Å². The normalized spacial score (nSPS) is 13.3. The van der Waals surface area contributed by atoms with Crippen LogP contribution >= 0.6 is 27.5 Å². The highest BCUT2D eigenvalue weighted by Crippen LogP contribution is 2.22. The van der Waals surface area contributed by atoms with Crippen LogP contribution in [0.1, 0.15) is 25.8 Å². The molecule has 0 aliphatic rings. The van der Waals surface area contributed by atoms with Crippen molar-refractivity contribution in [3.8, 4) is 0 Å². The molecular weight excluding hydrogens is 302 g/mol. The Kier molecular flexibility index (Phi) is 5.72. The fourth-order valence-corrected chi connectivity index (χ4v) is 1.79. The number of carbonyl (C=O) groups is 1. The van der Waals surface area contributed by atoms with Gasteiger partial charge in [0.25, 0.3) is 0 Å². The van der Waals surface area contributed by atoms with Crippen LogP contribution in [0.15, 0.2) is 30.3 Å². The lowest BCUT2D eigenvalue weighted by Gasteiger charge is -2.09. The van der Waals surface area contributed by atoms with Crippen LogP contribution in [0.3, 0.4) is 0 Å². The van der Waals surface area contributed by atoms with Gasteiger partial charge in [0.2, 0.25) is 5.91 Å². The zero-order chi connectivity index (χ0) is 12.8. The molecule has 1 N–H and O–H groups in total. The lowest BCUT2D eigenvalue weighted by Crippen LogP contribution is -2.30. The molecule has 0 radical (unpaired) electrons. The molecule has 0 aromatic heterocycles. The summed E-state index contributed by atoms with van der Waals surface area (Å²) in [5.41, 5.74) is 0.925. The monoisotopic (exact) mass is 315 g/mol. The van der Waals surface area contributed by atoms with Crippen LogP contribution in [-0.2, 0) is 4.79 Å². The van der Waals surface area contributed by atoms with E-state index in [-0.39, 0.29) is 11.9 Å². The van der Waals surface area contributed by atoms with E-state index in [9.17, 15) is 4.79 Å². The topological polar surface area (TPSA) is 29.1 Å². The number of hydrogen-bond acceptors (Lipinski definition) is 1. The van der Waals surface area contributed by atoms with Gasteiger partial charge in [-0.25, -0.2) is 0 Å². The molecule has 17 heavy (non-hydrogen) atoms. The van der Waals surface area contributed by atoms with Crippen molar-refractivity contribution in [3.05, 3.63) is 40.9 Å². The molecule has 1 aromatic carbocycles. The van der Waals surface area contributed by atoms with Gasteiger partial charge in [0.05, 0.1) is 0 Å². The van der Waals surface area contributed by atoms with Crippen molar-refractivity contribution in [1.82, 2.24) is 5.32 Å². The van der Waals surface area contributed by atoms with Crippen molar-refractivity contribution in [2.75, 3.05) is 0 Å². The Bertz CT molecular complexity index is 414. The maximum absolute atomic E-state index is 11.6. The Morgan fingerprint density at radius 3 is 2.59 bits per heavy atom. The SMILES string of the molecule is CCC(C)NC(=O)/C=C(\Br)c1ccc(Cl)cc1. The van der Waals surface area contributed by atoms with Crippen molar-refractivity contribution >= 4 is 37.9 Å². The first-order valence-corrected chi connectivity index (χ1v) is 6.63. The summed E-state index contributed by atoms with van der Waals surface area (Å²) in [6, 6.07) is 7.49. The number of rotatable bonds is 4. The molecule has 0 aliphatic carbocycles. The highest BCUT2D eigenvalue weighted by Gasteiger charge is 2.04. The van der Waals surface area contributed by atoms with Gasteiger partial charge in [-0.3, -0.25) is 4.79 Å². The van der Waals surface area contributed by atoms with Gasteiger partial charge in [-0.05, 0) is 47.0 Å². The predicted octanol–water partition coefficient (Wildman–Crippen LogP) is 3.99. The molecular formula is C13H15BrClNO. The maximum atomic E-state index is 11.6. The number of hydrogen-bond donors (Lipinski definition) is 1. The number of benzene rings is 1. The fraction of sp³-hybridized carbons (Fsp3) is 0.308. The van der Waals surface area contributed by atoms with Gasteiger partial charge in [-0.2, -0.15) is 0 Å². The van der Waals surface area contributed by atoms with Crippen LogP contribution in [0.2, 0.25) is 5.02 Å². The molecule has 0 saturated heterocycles. The first-order chi connectivity index (χ1) is 8.02. The molecule has 4 heteroatoms. The molecule has 1 amide bonds. The second-order valence-corrected chi connectivity index (χ2v) is 5.11. The molecule has 0 aliphatic heterocycles. The quantitative estimate of drug-likeness (QED) is 0.836. The van der Waals surface area contributed by atoms with Crippen molar-refractivity contribution in [2.45, 2.75) is 26.3 Å². The van der Waals surface area contributed by atoms with Crippen LogP contribution < -0.4 is 5.32 Å². The second kappa shape index (κ2) is 6.82. The maximum Gasteiger partial charge on any atom is 0.245 e. The molecule has 2 nitrogen and oxygen atoms in total. The molecule has 0 saturated carbocycles. The van der Waals surface area contributed by atoms with Gasteiger partial charge < -0.3 is 5.32 Å². The predicted molar refractivity (Wildman–Crippen MR) is 76.3 cm³/mol. The van der Waals surface area contributed by atoms with Crippen LogP contribution in [-0.4, -0.2) is 11.9 Å². The van der Waals surface area contributed by atoms with Gasteiger partial charge in [-0.15, -0.1) is 0 Å². The van der Waals surface area contributed by atoms with Crippen molar-refractivity contribution < 1.29 is 4.79 Å². The fourth-order valence-electron chi connectivity index (χ4n) is 1.19. The van der Waals surface area contributed by atoms with E-state index in [2.05, 4.69) is 21.2 Å². The first-order valence-electron chi connectivity index (χ1n) is 5.46. The molecule has 1 aromatic rings. The summed E-state index contributed by atoms with van der Waals surface area (Å²) >= 11 is 9.18. The van der Waals surface area contributed by atoms with E-state index in [1.807, 2.05) is 26.0 Å². The van der Waals surface area contributed by atoms with Crippen molar-refractivity contribution in [2.24, 2.45) is 0 Å². The summed E-state index contributed by atoms with van der Waals surface area (Å²) < 4.78 is 0.745. The Balaban J connectivity index is 2.72. The van der Waals surface area contributed by atoms with E-state index in [0.717, 1.165) is 16.5 Å². The van der Waals surface area contributed by atoms with Gasteiger partial charge in [0.15, 0.2) is 0 Å². The molecule has 1 rings (SSSR count). The average molecular weight is 317 g/mol. The summed E-state index contributed by atoms with van der Waals surface area (Å²) in [6.45, 7) is 4.00. The molecule has 1 atom stereocenters. The highest BCUT2D eigenvalue weighted by molar-refractivity contribution is 9.15. The standard InChI is InChI=1S/C13H15BrClNO/c1-3-9(2)16-13(17)8-12(14)10-4-6-11(15)7-5-10/h4-9H,3H2,1-2H3,(H,16,17)/b12-8-. The van der Waals surface area contributed by atoms with Crippen molar-refractivity contribution in [1.29, 1.82) is 0 Å². The van der Waals surface area contributed by atoms with Gasteiger partial charge >= 0.3 is 0 Å². The minimum atomic E-state index is -0.0961. The van der Waals surface area contributed by atoms with E-state index in [1.54, 1.807) is 12.1 Å². The second-order valence-electron chi connectivity index (χ2n) is 3.82. The van der Waals surface area contributed by atoms with E-state index >= 15 is 0 Å². The summed E-state index contributed by atoms with van der Waals surface area (Å²) in [4.78, 5) is 11.6. The summed E-state index contributed by atoms with van der Waals surface area (Å²) in [5, 5.41) is 3.55. The Labute approximate surface area is 115 Å². The molecule has 0 fully saturated rings. The number of nitrogens with one attached hydrogen (secondary N) is 1. The largest absolute Gasteiger partial charge is 0.350 e. The first kappa shape index (κ1) is 14.3. The minimum absolute atomic E-state index is 0.0961. The highest BCUT2D eigenvalue weighted by atomic mass is 79.9.